The van der Waals surface area contributed by atoms with Crippen molar-refractivity contribution in [2.45, 2.75) is 0 Å². The van der Waals surface area contributed by atoms with Gasteiger partial charge in [0, 0.05) is 24.5 Å². The van der Waals surface area contributed by atoms with Crippen molar-refractivity contribution in [1.82, 2.24) is 5.32 Å². The van der Waals surface area contributed by atoms with Gasteiger partial charge in [-0.3, -0.25) is 0 Å². The van der Waals surface area contributed by atoms with Gasteiger partial charge >= 0.3 is 11.9 Å². The van der Waals surface area contributed by atoms with E-state index in [0.29, 0.717) is 48.8 Å². The lowest BCUT2D eigenvalue weighted by Crippen LogP contribution is -2.25. The molecule has 0 radical (unpaired) electrons. The van der Waals surface area contributed by atoms with Gasteiger partial charge in [0.05, 0.1) is 37.6 Å². The van der Waals surface area contributed by atoms with Crippen LogP contribution in [0.2, 0.25) is 0 Å². The third-order valence-corrected chi connectivity index (χ3v) is 4.59. The summed E-state index contributed by atoms with van der Waals surface area (Å²) < 4.78 is 21.6. The summed E-state index contributed by atoms with van der Waals surface area (Å²) in [4.78, 5) is 25.5. The van der Waals surface area contributed by atoms with E-state index in [2.05, 4.69) is 5.32 Å². The molecule has 0 fully saturated rings. The van der Waals surface area contributed by atoms with Crippen molar-refractivity contribution in [3.8, 4) is 11.1 Å². The highest BCUT2D eigenvalue weighted by atomic mass is 16.6. The normalized spacial score (nSPS) is 17.2. The van der Waals surface area contributed by atoms with Gasteiger partial charge in [-0.1, -0.05) is 12.1 Å². The maximum atomic E-state index is 12.8. The highest BCUT2D eigenvalue weighted by Crippen LogP contribution is 2.31. The van der Waals surface area contributed by atoms with Crippen LogP contribution in [0.3, 0.4) is 0 Å². The van der Waals surface area contributed by atoms with Gasteiger partial charge in [0.15, 0.2) is 0 Å². The summed E-state index contributed by atoms with van der Waals surface area (Å²) in [7, 11) is 0. The van der Waals surface area contributed by atoms with Crippen LogP contribution in [0.4, 0.5) is 11.4 Å². The third kappa shape index (κ3) is 6.42. The number of cyclic esters (lactones) is 2. The molecule has 9 heteroatoms. The van der Waals surface area contributed by atoms with Crippen molar-refractivity contribution in [2.75, 3.05) is 64.2 Å². The van der Waals surface area contributed by atoms with E-state index in [9.17, 15) is 9.59 Å². The molecule has 31 heavy (non-hydrogen) atoms. The van der Waals surface area contributed by atoms with E-state index >= 15 is 0 Å². The molecule has 166 valence electrons. The van der Waals surface area contributed by atoms with E-state index in [1.165, 1.54) is 12.1 Å². The zero-order valence-corrected chi connectivity index (χ0v) is 17.2. The Bertz CT molecular complexity index is 845. The third-order valence-electron chi connectivity index (χ3n) is 4.59. The molecule has 0 saturated carbocycles. The number of fused-ring (bicyclic) bond motifs is 3. The lowest BCUT2D eigenvalue weighted by Gasteiger charge is -2.15. The number of nitrogens with one attached hydrogen (secondary N) is 1. The Morgan fingerprint density at radius 3 is 1.52 bits per heavy atom. The highest BCUT2D eigenvalue weighted by molar-refractivity contribution is 6.04. The van der Waals surface area contributed by atoms with Crippen molar-refractivity contribution < 1.29 is 28.5 Å². The summed E-state index contributed by atoms with van der Waals surface area (Å²) in [5.74, 6) is -1.13. The van der Waals surface area contributed by atoms with Gasteiger partial charge in [-0.05, 0) is 35.4 Å². The average Bonchev–Trinajstić information content (AvgIpc) is 2.76. The molecule has 1 aliphatic rings. The Kier molecular flexibility index (Phi) is 8.22. The van der Waals surface area contributed by atoms with Crippen molar-refractivity contribution in [3.63, 3.8) is 0 Å². The Morgan fingerprint density at radius 2 is 1.06 bits per heavy atom. The van der Waals surface area contributed by atoms with Gasteiger partial charge in [-0.15, -0.1) is 0 Å². The summed E-state index contributed by atoms with van der Waals surface area (Å²) in [6.45, 7) is 2.95. The molecule has 0 spiro atoms. The lowest BCUT2D eigenvalue weighted by atomic mass is 9.94. The molecule has 1 heterocycles. The quantitative estimate of drug-likeness (QED) is 0.420. The van der Waals surface area contributed by atoms with E-state index in [-0.39, 0.29) is 37.6 Å². The number of hydrogen-bond donors (Lipinski definition) is 3. The van der Waals surface area contributed by atoms with Gasteiger partial charge in [0.2, 0.25) is 0 Å². The standard InChI is InChI=1S/C22H27N3O6/c23-15-1-3-17-18-4-2-16(24)14-20(18)22(27)31-12-10-29-8-6-25-5-7-28-9-11-30-21(26)19(17)13-15/h1-4,13-14,25H,5-12,23-24H2. The topological polar surface area (TPSA) is 135 Å². The molecule has 5 N–H and O–H groups in total. The fourth-order valence-electron chi connectivity index (χ4n) is 3.09. The molecule has 0 amide bonds. The molecule has 0 bridgehead atoms. The summed E-state index contributed by atoms with van der Waals surface area (Å²) in [6.07, 6.45) is 0. The number of anilines is 2. The first-order valence-electron chi connectivity index (χ1n) is 10.1. The van der Waals surface area contributed by atoms with Crippen LogP contribution in [0.25, 0.3) is 11.1 Å². The van der Waals surface area contributed by atoms with Crippen molar-refractivity contribution in [1.29, 1.82) is 0 Å². The molecule has 1 aliphatic heterocycles. The predicted molar refractivity (Wildman–Crippen MR) is 116 cm³/mol. The van der Waals surface area contributed by atoms with Crippen LogP contribution in [0.5, 0.6) is 0 Å². The van der Waals surface area contributed by atoms with Crippen LogP contribution < -0.4 is 16.8 Å². The van der Waals surface area contributed by atoms with Crippen LogP contribution in [-0.2, 0) is 18.9 Å². The zero-order valence-electron chi connectivity index (χ0n) is 17.2. The summed E-state index contributed by atoms with van der Waals surface area (Å²) in [5, 5.41) is 3.16. The van der Waals surface area contributed by atoms with Crippen molar-refractivity contribution in [3.05, 3.63) is 47.5 Å². The second kappa shape index (κ2) is 11.3. The van der Waals surface area contributed by atoms with E-state index in [1.54, 1.807) is 24.3 Å². The molecule has 2 aromatic carbocycles. The second-order valence-electron chi connectivity index (χ2n) is 6.86. The average molecular weight is 429 g/mol. The number of carbonyl (C=O) groups is 2. The molecule has 2 aromatic rings. The maximum Gasteiger partial charge on any atom is 0.338 e. The van der Waals surface area contributed by atoms with Crippen LogP contribution >= 0.6 is 0 Å². The maximum absolute atomic E-state index is 12.8. The molecular weight excluding hydrogens is 402 g/mol. The SMILES string of the molecule is Nc1ccc2c(c1)C(=O)OCCOCCNCCOCCOC(=O)c1cc(N)ccc1-2. The zero-order chi connectivity index (χ0) is 22.1. The monoisotopic (exact) mass is 429 g/mol. The van der Waals surface area contributed by atoms with Gasteiger partial charge < -0.3 is 35.7 Å². The summed E-state index contributed by atoms with van der Waals surface area (Å²) >= 11 is 0. The molecule has 0 atom stereocenters. The molecule has 9 nitrogen and oxygen atoms in total. The van der Waals surface area contributed by atoms with Crippen molar-refractivity contribution in [2.24, 2.45) is 0 Å². The van der Waals surface area contributed by atoms with E-state index in [1.807, 2.05) is 0 Å². The number of carbonyl (C=O) groups excluding carboxylic acids is 2. The Hall–Kier alpha value is -3.14. The Balaban J connectivity index is 1.92. The summed E-state index contributed by atoms with van der Waals surface area (Å²) in [6, 6.07) is 9.67. The number of esters is 2. The number of ether oxygens (including phenoxy) is 4. The van der Waals surface area contributed by atoms with Gasteiger partial charge in [-0.25, -0.2) is 9.59 Å². The van der Waals surface area contributed by atoms with E-state index < -0.39 is 11.9 Å². The minimum absolute atomic E-state index is 0.0901. The van der Waals surface area contributed by atoms with Crippen LogP contribution in [-0.4, -0.2) is 64.7 Å². The van der Waals surface area contributed by atoms with Gasteiger partial charge in [0.1, 0.15) is 13.2 Å². The number of nitrogen functional groups attached to an aromatic ring is 2. The first kappa shape index (κ1) is 22.5. The van der Waals surface area contributed by atoms with Crippen molar-refractivity contribution >= 4 is 23.3 Å². The molecular formula is C22H27N3O6. The van der Waals surface area contributed by atoms with Crippen LogP contribution in [0.15, 0.2) is 36.4 Å². The number of nitrogens with two attached hydrogens (primary N) is 2. The fourth-order valence-corrected chi connectivity index (χ4v) is 3.09. The minimum Gasteiger partial charge on any atom is -0.460 e. The largest absolute Gasteiger partial charge is 0.460 e. The van der Waals surface area contributed by atoms with Crippen LogP contribution in [0.1, 0.15) is 20.7 Å². The lowest BCUT2D eigenvalue weighted by molar-refractivity contribution is 0.0307. The van der Waals surface area contributed by atoms with Gasteiger partial charge in [0.25, 0.3) is 0 Å². The first-order chi connectivity index (χ1) is 15.1. The predicted octanol–water partition coefficient (Wildman–Crippen LogP) is 1.47. The van der Waals surface area contributed by atoms with E-state index in [4.69, 9.17) is 30.4 Å². The Labute approximate surface area is 180 Å². The highest BCUT2D eigenvalue weighted by Gasteiger charge is 2.21. The van der Waals surface area contributed by atoms with Crippen LogP contribution in [0, 0.1) is 0 Å². The second-order valence-corrected chi connectivity index (χ2v) is 6.86. The van der Waals surface area contributed by atoms with Gasteiger partial charge in [-0.2, -0.15) is 0 Å². The molecule has 0 saturated heterocycles. The van der Waals surface area contributed by atoms with E-state index in [0.717, 1.165) is 0 Å². The number of rotatable bonds is 0. The minimum atomic E-state index is -0.563. The smallest absolute Gasteiger partial charge is 0.338 e. The molecule has 3 rings (SSSR count). The summed E-state index contributed by atoms with van der Waals surface area (Å²) in [5.41, 5.74) is 14.0. The first-order valence-corrected chi connectivity index (χ1v) is 10.1. The number of benzene rings is 2. The molecule has 0 aliphatic carbocycles. The molecule has 0 unspecified atom stereocenters. The fraction of sp³-hybridized carbons (Fsp3) is 0.364. The molecule has 0 aromatic heterocycles. The Morgan fingerprint density at radius 1 is 0.613 bits per heavy atom. The number of hydrogen-bond acceptors (Lipinski definition) is 9.